The average molecular weight is 357 g/mol. The van der Waals surface area contributed by atoms with Crippen LogP contribution in [0.4, 0.5) is 5.69 Å². The van der Waals surface area contributed by atoms with E-state index >= 15 is 0 Å². The first kappa shape index (κ1) is 16.4. The summed E-state index contributed by atoms with van der Waals surface area (Å²) in [5, 5.41) is 14.2. The van der Waals surface area contributed by atoms with Crippen molar-refractivity contribution in [1.29, 1.82) is 0 Å². The molecule has 0 aromatic heterocycles. The van der Waals surface area contributed by atoms with Gasteiger partial charge in [-0.2, -0.15) is 0 Å². The number of nitrogens with zero attached hydrogens (tertiary/aromatic N) is 3. The number of hydrogen-bond acceptors (Lipinski definition) is 5. The predicted molar refractivity (Wildman–Crippen MR) is 86.4 cm³/mol. The Kier molecular flexibility index (Phi) is 6.10. The van der Waals surface area contributed by atoms with Crippen LogP contribution in [0.3, 0.4) is 0 Å². The van der Waals surface area contributed by atoms with E-state index in [0.717, 1.165) is 44.8 Å². The van der Waals surface area contributed by atoms with E-state index in [2.05, 4.69) is 38.1 Å². The van der Waals surface area contributed by atoms with E-state index in [9.17, 15) is 10.1 Å². The van der Waals surface area contributed by atoms with Crippen LogP contribution in [0.2, 0.25) is 0 Å². The van der Waals surface area contributed by atoms with Gasteiger partial charge in [-0.3, -0.25) is 15.0 Å². The van der Waals surface area contributed by atoms with E-state index < -0.39 is 0 Å². The SMILES string of the molecule is CN1CCN(CCNCc2ccc(Br)c([N+](=O)[O-])c2)CC1. The van der Waals surface area contributed by atoms with E-state index in [1.54, 1.807) is 12.1 Å². The second-order valence-electron chi connectivity index (χ2n) is 5.36. The molecule has 0 radical (unpaired) electrons. The fourth-order valence-corrected chi connectivity index (χ4v) is 2.74. The zero-order chi connectivity index (χ0) is 15.2. The molecule has 1 heterocycles. The molecule has 1 aromatic carbocycles. The van der Waals surface area contributed by atoms with Gasteiger partial charge < -0.3 is 10.2 Å². The van der Waals surface area contributed by atoms with Crippen molar-refractivity contribution in [2.45, 2.75) is 6.54 Å². The van der Waals surface area contributed by atoms with Gasteiger partial charge in [0.15, 0.2) is 0 Å². The Morgan fingerprint density at radius 1 is 1.33 bits per heavy atom. The van der Waals surface area contributed by atoms with E-state index in [1.165, 1.54) is 0 Å². The quantitative estimate of drug-likeness (QED) is 0.477. The van der Waals surface area contributed by atoms with Gasteiger partial charge in [0, 0.05) is 51.9 Å². The molecule has 1 N–H and O–H groups in total. The predicted octanol–water partition coefficient (Wildman–Crippen LogP) is 1.69. The van der Waals surface area contributed by atoms with Crippen molar-refractivity contribution in [2.75, 3.05) is 46.3 Å². The topological polar surface area (TPSA) is 61.6 Å². The number of nitro benzene ring substituents is 1. The van der Waals surface area contributed by atoms with Gasteiger partial charge in [0.1, 0.15) is 0 Å². The number of nitrogens with one attached hydrogen (secondary N) is 1. The lowest BCUT2D eigenvalue weighted by Gasteiger charge is -2.32. The molecule has 6 nitrogen and oxygen atoms in total. The highest BCUT2D eigenvalue weighted by Crippen LogP contribution is 2.25. The molecule has 0 spiro atoms. The average Bonchev–Trinajstić information content (AvgIpc) is 2.46. The van der Waals surface area contributed by atoms with Gasteiger partial charge in [0.25, 0.3) is 5.69 Å². The highest BCUT2D eigenvalue weighted by molar-refractivity contribution is 9.10. The van der Waals surface area contributed by atoms with Gasteiger partial charge in [-0.15, -0.1) is 0 Å². The van der Waals surface area contributed by atoms with Crippen molar-refractivity contribution in [3.8, 4) is 0 Å². The number of piperazine rings is 1. The lowest BCUT2D eigenvalue weighted by atomic mass is 10.2. The standard InChI is InChI=1S/C14H21BrN4O2/c1-17-6-8-18(9-7-17)5-4-16-11-12-2-3-13(15)14(10-12)19(20)21/h2-3,10,16H,4-9,11H2,1H3. The highest BCUT2D eigenvalue weighted by atomic mass is 79.9. The summed E-state index contributed by atoms with van der Waals surface area (Å²) >= 11 is 3.20. The van der Waals surface area contributed by atoms with Gasteiger partial charge in [-0.1, -0.05) is 6.07 Å². The number of likely N-dealkylation sites (N-methyl/N-ethyl adjacent to an activating group) is 1. The minimum Gasteiger partial charge on any atom is -0.311 e. The van der Waals surface area contributed by atoms with E-state index in [-0.39, 0.29) is 10.6 Å². The Balaban J connectivity index is 1.73. The van der Waals surface area contributed by atoms with Crippen LogP contribution in [0.15, 0.2) is 22.7 Å². The monoisotopic (exact) mass is 356 g/mol. The smallest absolute Gasteiger partial charge is 0.283 e. The van der Waals surface area contributed by atoms with Crippen molar-refractivity contribution < 1.29 is 4.92 Å². The summed E-state index contributed by atoms with van der Waals surface area (Å²) < 4.78 is 0.522. The summed E-state index contributed by atoms with van der Waals surface area (Å²) in [6.45, 7) is 7.05. The van der Waals surface area contributed by atoms with Crippen LogP contribution in [0, 0.1) is 10.1 Å². The zero-order valence-corrected chi connectivity index (χ0v) is 13.8. The lowest BCUT2D eigenvalue weighted by molar-refractivity contribution is -0.385. The number of benzene rings is 1. The molecule has 1 saturated heterocycles. The molecule has 0 aliphatic carbocycles. The fourth-order valence-electron chi connectivity index (χ4n) is 2.35. The molecular formula is C14H21BrN4O2. The van der Waals surface area contributed by atoms with Crippen molar-refractivity contribution in [3.05, 3.63) is 38.3 Å². The molecule has 7 heteroatoms. The zero-order valence-electron chi connectivity index (χ0n) is 12.2. The summed E-state index contributed by atoms with van der Waals surface area (Å²) in [5.74, 6) is 0. The van der Waals surface area contributed by atoms with Crippen LogP contribution in [0.25, 0.3) is 0 Å². The number of hydrogen-bond donors (Lipinski definition) is 1. The van der Waals surface area contributed by atoms with E-state index in [4.69, 9.17) is 0 Å². The van der Waals surface area contributed by atoms with Gasteiger partial charge in [-0.05, 0) is 34.6 Å². The van der Waals surface area contributed by atoms with Gasteiger partial charge in [-0.25, -0.2) is 0 Å². The summed E-state index contributed by atoms with van der Waals surface area (Å²) in [4.78, 5) is 15.3. The molecule has 21 heavy (non-hydrogen) atoms. The maximum atomic E-state index is 10.9. The third kappa shape index (κ3) is 5.03. The summed E-state index contributed by atoms with van der Waals surface area (Å²) in [6.07, 6.45) is 0. The maximum absolute atomic E-state index is 10.9. The molecule has 0 atom stereocenters. The molecule has 0 amide bonds. The Morgan fingerprint density at radius 2 is 2.05 bits per heavy atom. The van der Waals surface area contributed by atoms with Crippen LogP contribution in [0.1, 0.15) is 5.56 Å². The number of halogens is 1. The van der Waals surface area contributed by atoms with Crippen LogP contribution in [-0.4, -0.2) is 61.0 Å². The van der Waals surface area contributed by atoms with E-state index in [0.29, 0.717) is 11.0 Å². The van der Waals surface area contributed by atoms with Gasteiger partial charge >= 0.3 is 0 Å². The molecule has 1 aliphatic rings. The van der Waals surface area contributed by atoms with Crippen LogP contribution in [0.5, 0.6) is 0 Å². The van der Waals surface area contributed by atoms with Crippen molar-refractivity contribution in [2.24, 2.45) is 0 Å². The maximum Gasteiger partial charge on any atom is 0.283 e. The van der Waals surface area contributed by atoms with E-state index in [1.807, 2.05) is 6.07 Å². The first-order valence-corrected chi connectivity index (χ1v) is 7.90. The minimum absolute atomic E-state index is 0.119. The lowest BCUT2D eigenvalue weighted by Crippen LogP contribution is -2.46. The summed E-state index contributed by atoms with van der Waals surface area (Å²) in [7, 11) is 2.15. The molecule has 0 saturated carbocycles. The van der Waals surface area contributed by atoms with Crippen molar-refractivity contribution in [3.63, 3.8) is 0 Å². The molecule has 2 rings (SSSR count). The Bertz CT molecular complexity index is 490. The second-order valence-corrected chi connectivity index (χ2v) is 6.22. The summed E-state index contributed by atoms with van der Waals surface area (Å²) in [6, 6.07) is 5.25. The molecular weight excluding hydrogens is 336 g/mol. The Morgan fingerprint density at radius 3 is 2.71 bits per heavy atom. The van der Waals surface area contributed by atoms with Gasteiger partial charge in [0.2, 0.25) is 0 Å². The first-order chi connectivity index (χ1) is 10.1. The van der Waals surface area contributed by atoms with Crippen LogP contribution in [-0.2, 0) is 6.54 Å². The second kappa shape index (κ2) is 7.84. The van der Waals surface area contributed by atoms with Crippen molar-refractivity contribution in [1.82, 2.24) is 15.1 Å². The van der Waals surface area contributed by atoms with Crippen LogP contribution < -0.4 is 5.32 Å². The van der Waals surface area contributed by atoms with Gasteiger partial charge in [0.05, 0.1) is 9.40 Å². The summed E-state index contributed by atoms with van der Waals surface area (Å²) in [5.41, 5.74) is 1.05. The molecule has 1 aliphatic heterocycles. The number of nitro groups is 1. The Hall–Kier alpha value is -1.02. The highest BCUT2D eigenvalue weighted by Gasteiger charge is 2.13. The molecule has 1 aromatic rings. The molecule has 0 bridgehead atoms. The largest absolute Gasteiger partial charge is 0.311 e. The Labute approximate surface area is 133 Å². The third-order valence-electron chi connectivity index (χ3n) is 3.74. The third-order valence-corrected chi connectivity index (χ3v) is 4.41. The number of rotatable bonds is 6. The normalized spacial score (nSPS) is 17.0. The first-order valence-electron chi connectivity index (χ1n) is 7.10. The molecule has 1 fully saturated rings. The fraction of sp³-hybridized carbons (Fsp3) is 0.571. The molecule has 0 unspecified atom stereocenters. The molecule has 116 valence electrons. The van der Waals surface area contributed by atoms with Crippen LogP contribution >= 0.6 is 15.9 Å². The minimum atomic E-state index is -0.363. The van der Waals surface area contributed by atoms with Crippen molar-refractivity contribution >= 4 is 21.6 Å².